The lowest BCUT2D eigenvalue weighted by atomic mass is 10.7. The topological polar surface area (TPSA) is 58.7 Å². The molecule has 0 atom stereocenters. The summed E-state index contributed by atoms with van der Waals surface area (Å²) in [6.45, 7) is 0.542. The van der Waals surface area contributed by atoms with Gasteiger partial charge >= 0.3 is 0 Å². The van der Waals surface area contributed by atoms with Crippen LogP contribution in [0.1, 0.15) is 0 Å². The fourth-order valence-electron chi connectivity index (χ4n) is 0.480. The fraction of sp³-hybridized carbons (Fsp3) is 0.667. The lowest BCUT2D eigenvalue weighted by Gasteiger charge is -2.00. The molecule has 44 valence electrons. The van der Waals surface area contributed by atoms with Crippen LogP contribution in [-0.4, -0.2) is 29.5 Å². The molecule has 5 heteroatoms. The number of aliphatic imine (C=N–C) groups is 1. The first kappa shape index (κ1) is 5.02. The van der Waals surface area contributed by atoms with Gasteiger partial charge in [-0.25, -0.2) is 10.1 Å². The molecule has 0 amide bonds. The van der Waals surface area contributed by atoms with Crippen molar-refractivity contribution in [3.8, 4) is 0 Å². The van der Waals surface area contributed by atoms with Gasteiger partial charge in [-0.05, 0) is 0 Å². The van der Waals surface area contributed by atoms with Gasteiger partial charge in [0.2, 0.25) is 0 Å². The van der Waals surface area contributed by atoms with Gasteiger partial charge < -0.3 is 0 Å². The number of hydrogen-bond donors (Lipinski definition) is 0. The molecule has 1 aliphatic heterocycles. The molecule has 0 fully saturated rings. The molecule has 0 aliphatic carbocycles. The molecule has 0 aromatic heterocycles. The van der Waals surface area contributed by atoms with Gasteiger partial charge in [0.25, 0.3) is 0 Å². The van der Waals surface area contributed by atoms with Crippen molar-refractivity contribution in [2.45, 2.75) is 0 Å². The predicted molar refractivity (Wildman–Crippen MR) is 27.1 cm³/mol. The Kier molecular flexibility index (Phi) is 1.11. The Morgan fingerprint density at radius 3 is 2.88 bits per heavy atom. The zero-order valence-corrected chi connectivity index (χ0v) is 4.15. The van der Waals surface area contributed by atoms with Crippen LogP contribution in [0.15, 0.2) is 4.99 Å². The molecule has 1 heterocycles. The van der Waals surface area contributed by atoms with E-state index < -0.39 is 5.03 Å². The highest BCUT2D eigenvalue weighted by molar-refractivity contribution is 5.60. The molecule has 0 radical (unpaired) electrons. The van der Waals surface area contributed by atoms with Gasteiger partial charge in [-0.1, -0.05) is 0 Å². The van der Waals surface area contributed by atoms with Crippen LogP contribution in [0.5, 0.6) is 0 Å². The Bertz CT molecular complexity index is 124. The van der Waals surface area contributed by atoms with Crippen LogP contribution in [0, 0.1) is 10.1 Å². The number of nitrogens with zero attached hydrogens (tertiary/aromatic N) is 3. The van der Waals surface area contributed by atoms with E-state index in [4.69, 9.17) is 0 Å². The Balaban J connectivity index is 2.41. The van der Waals surface area contributed by atoms with Crippen molar-refractivity contribution in [3.63, 3.8) is 0 Å². The van der Waals surface area contributed by atoms with Crippen molar-refractivity contribution in [2.75, 3.05) is 13.2 Å². The highest BCUT2D eigenvalue weighted by Gasteiger charge is 2.14. The van der Waals surface area contributed by atoms with Crippen molar-refractivity contribution in [3.05, 3.63) is 10.1 Å². The highest BCUT2D eigenvalue weighted by atomic mass is 16.7. The first-order valence-corrected chi connectivity index (χ1v) is 2.18. The minimum Gasteiger partial charge on any atom is -0.268 e. The predicted octanol–water partition coefficient (Wildman–Crippen LogP) is -0.478. The first-order chi connectivity index (χ1) is 3.80. The molecule has 0 unspecified atom stereocenters. The number of hydrogen-bond acceptors (Lipinski definition) is 3. The van der Waals surface area contributed by atoms with Crippen molar-refractivity contribution >= 4 is 6.21 Å². The summed E-state index contributed by atoms with van der Waals surface area (Å²) in [7, 11) is 0. The molecule has 0 spiro atoms. The molecule has 0 aromatic rings. The van der Waals surface area contributed by atoms with Gasteiger partial charge in [0, 0.05) is 6.21 Å². The average Bonchev–Trinajstić information content (AvgIpc) is 2.12. The molecule has 5 nitrogen and oxygen atoms in total. The van der Waals surface area contributed by atoms with E-state index in [1.54, 1.807) is 0 Å². The van der Waals surface area contributed by atoms with Crippen LogP contribution >= 0.6 is 0 Å². The molecule has 1 rings (SSSR count). The molecule has 0 saturated heterocycles. The van der Waals surface area contributed by atoms with Crippen LogP contribution in [-0.2, 0) is 0 Å². The molecular formula is C3H5N3O2. The van der Waals surface area contributed by atoms with E-state index in [2.05, 4.69) is 4.99 Å². The van der Waals surface area contributed by atoms with E-state index in [1.165, 1.54) is 6.21 Å². The first-order valence-electron chi connectivity index (χ1n) is 2.18. The second-order valence-electron chi connectivity index (χ2n) is 1.43. The third-order valence-electron chi connectivity index (χ3n) is 0.897. The largest absolute Gasteiger partial charge is 0.268 e. The summed E-state index contributed by atoms with van der Waals surface area (Å²) in [6.07, 6.45) is 1.53. The fourth-order valence-corrected chi connectivity index (χ4v) is 0.480. The standard InChI is InChI=1S/C3H5N3O2/c7-6(8)5-2-1-4-3-5/h1H,2-3H2. The van der Waals surface area contributed by atoms with Gasteiger partial charge in [0.05, 0.1) is 0 Å². The third kappa shape index (κ3) is 0.749. The summed E-state index contributed by atoms with van der Waals surface area (Å²) in [4.78, 5) is 13.5. The van der Waals surface area contributed by atoms with Gasteiger partial charge in [-0.15, -0.1) is 5.01 Å². The minimum atomic E-state index is -0.451. The van der Waals surface area contributed by atoms with Crippen LogP contribution in [0.3, 0.4) is 0 Å². The maximum atomic E-state index is 9.85. The Hall–Kier alpha value is -1.13. The maximum absolute atomic E-state index is 9.85. The highest BCUT2D eigenvalue weighted by Crippen LogP contribution is 1.91. The quantitative estimate of drug-likeness (QED) is 0.342. The Morgan fingerprint density at radius 2 is 2.62 bits per heavy atom. The van der Waals surface area contributed by atoms with Gasteiger partial charge in [-0.3, -0.25) is 4.99 Å². The summed E-state index contributed by atoms with van der Waals surface area (Å²) < 4.78 is 0. The second kappa shape index (κ2) is 1.77. The molecule has 1 aliphatic rings. The Morgan fingerprint density at radius 1 is 1.88 bits per heavy atom. The lowest BCUT2D eigenvalue weighted by Crippen LogP contribution is -2.27. The second-order valence-corrected chi connectivity index (χ2v) is 1.43. The lowest BCUT2D eigenvalue weighted by molar-refractivity contribution is -0.650. The van der Waals surface area contributed by atoms with Crippen molar-refractivity contribution in [1.29, 1.82) is 0 Å². The molecule has 8 heavy (non-hydrogen) atoms. The smallest absolute Gasteiger partial charge is 0.168 e. The summed E-state index contributed by atoms with van der Waals surface area (Å²) >= 11 is 0. The number of rotatable bonds is 1. The van der Waals surface area contributed by atoms with E-state index in [0.29, 0.717) is 6.54 Å². The maximum Gasteiger partial charge on any atom is 0.168 e. The van der Waals surface area contributed by atoms with E-state index in [-0.39, 0.29) is 6.67 Å². The van der Waals surface area contributed by atoms with E-state index in [0.717, 1.165) is 5.01 Å². The average molecular weight is 115 g/mol. The number of nitro groups is 1. The van der Waals surface area contributed by atoms with Crippen LogP contribution in [0.4, 0.5) is 0 Å². The summed E-state index contributed by atoms with van der Waals surface area (Å²) in [5, 5.41) is 10.4. The Labute approximate surface area is 45.7 Å². The van der Waals surface area contributed by atoms with Crippen molar-refractivity contribution in [2.24, 2.45) is 4.99 Å². The van der Waals surface area contributed by atoms with Gasteiger partial charge in [0.1, 0.15) is 6.54 Å². The molecule has 0 aromatic carbocycles. The zero-order chi connectivity index (χ0) is 5.98. The normalized spacial score (nSPS) is 17.2. The SMILES string of the molecule is O=[N+]([O-])N1CC=NC1. The summed E-state index contributed by atoms with van der Waals surface area (Å²) in [6, 6.07) is 0. The monoisotopic (exact) mass is 115 g/mol. The van der Waals surface area contributed by atoms with Crippen molar-refractivity contribution in [1.82, 2.24) is 5.01 Å². The van der Waals surface area contributed by atoms with E-state index in [9.17, 15) is 10.1 Å². The summed E-state index contributed by atoms with van der Waals surface area (Å²) in [5.74, 6) is 0. The van der Waals surface area contributed by atoms with Gasteiger partial charge in [-0.2, -0.15) is 0 Å². The van der Waals surface area contributed by atoms with Crippen molar-refractivity contribution < 1.29 is 5.03 Å². The third-order valence-corrected chi connectivity index (χ3v) is 0.897. The molecule has 0 saturated carbocycles. The number of hydrazine groups is 1. The van der Waals surface area contributed by atoms with E-state index in [1.807, 2.05) is 0 Å². The van der Waals surface area contributed by atoms with Crippen LogP contribution < -0.4 is 0 Å². The molecule has 0 N–H and O–H groups in total. The minimum absolute atomic E-state index is 0.201. The molecule has 0 bridgehead atoms. The van der Waals surface area contributed by atoms with Crippen LogP contribution in [0.25, 0.3) is 0 Å². The van der Waals surface area contributed by atoms with Crippen LogP contribution in [0.2, 0.25) is 0 Å². The molecular weight excluding hydrogens is 110 g/mol. The van der Waals surface area contributed by atoms with Gasteiger partial charge in [0.15, 0.2) is 11.7 Å². The summed E-state index contributed by atoms with van der Waals surface area (Å²) in [5.41, 5.74) is 0. The van der Waals surface area contributed by atoms with E-state index >= 15 is 0 Å². The zero-order valence-electron chi connectivity index (χ0n) is 4.15.